The number of phenols is 1. The summed E-state index contributed by atoms with van der Waals surface area (Å²) < 4.78 is 0. The number of aryl methyl sites for hydroxylation is 1. The molecule has 5 nitrogen and oxygen atoms in total. The van der Waals surface area contributed by atoms with Crippen molar-refractivity contribution >= 4 is 23.8 Å². The molecule has 2 aromatic carbocycles. The van der Waals surface area contributed by atoms with Gasteiger partial charge in [-0.05, 0) is 30.0 Å². The lowest BCUT2D eigenvalue weighted by Gasteiger charge is -2.20. The van der Waals surface area contributed by atoms with Gasteiger partial charge in [-0.1, -0.05) is 42.5 Å². The second-order valence-electron chi connectivity index (χ2n) is 6.09. The van der Waals surface area contributed by atoms with Crippen LogP contribution in [0.5, 0.6) is 5.75 Å². The summed E-state index contributed by atoms with van der Waals surface area (Å²) in [4.78, 5) is 36.9. The standard InChI is InChI=1S/C20H18NO4/c22-11-5-9-15-8-4-10-17(23)19(15)21-18(24)13-16(20(21)25)12-14-6-2-1-3-7-14/h1-4,6-8,10,16,23H,5,9,12-13H2. The minimum absolute atomic E-state index is 0.112. The number of carbonyl (C=O) groups is 2. The molecule has 127 valence electrons. The smallest absolute Gasteiger partial charge is 0.237 e. The maximum absolute atomic E-state index is 12.8. The summed E-state index contributed by atoms with van der Waals surface area (Å²) in [6.45, 7) is 0. The molecule has 3 rings (SSSR count). The summed E-state index contributed by atoms with van der Waals surface area (Å²) in [5, 5.41) is 10.2. The molecule has 25 heavy (non-hydrogen) atoms. The van der Waals surface area contributed by atoms with Crippen LogP contribution in [-0.4, -0.2) is 23.2 Å². The molecule has 1 atom stereocenters. The first-order chi connectivity index (χ1) is 12.1. The SMILES string of the molecule is O=[C]CCc1cccc(O)c1N1C(=O)CC(Cc2ccccc2)C1=O. The highest BCUT2D eigenvalue weighted by Gasteiger charge is 2.41. The molecule has 0 aliphatic carbocycles. The van der Waals surface area contributed by atoms with Gasteiger partial charge in [0.15, 0.2) is 6.29 Å². The van der Waals surface area contributed by atoms with Gasteiger partial charge in [0.25, 0.3) is 0 Å². The summed E-state index contributed by atoms with van der Waals surface area (Å²) in [5.74, 6) is -1.22. The molecule has 1 fully saturated rings. The van der Waals surface area contributed by atoms with Crippen molar-refractivity contribution in [1.29, 1.82) is 0 Å². The van der Waals surface area contributed by atoms with Crippen molar-refractivity contribution in [3.8, 4) is 5.75 Å². The number of carbonyl (C=O) groups excluding carboxylic acids is 3. The van der Waals surface area contributed by atoms with Gasteiger partial charge < -0.3 is 5.11 Å². The number of imide groups is 1. The van der Waals surface area contributed by atoms with Gasteiger partial charge in [0.1, 0.15) is 5.75 Å². The van der Waals surface area contributed by atoms with E-state index in [2.05, 4.69) is 0 Å². The van der Waals surface area contributed by atoms with E-state index >= 15 is 0 Å². The number of nitrogens with zero attached hydrogens (tertiary/aromatic N) is 1. The fourth-order valence-electron chi connectivity index (χ4n) is 3.21. The van der Waals surface area contributed by atoms with E-state index in [9.17, 15) is 19.5 Å². The van der Waals surface area contributed by atoms with Crippen LogP contribution in [0.4, 0.5) is 5.69 Å². The molecule has 0 spiro atoms. The molecule has 1 saturated heterocycles. The topological polar surface area (TPSA) is 74.7 Å². The maximum atomic E-state index is 12.8. The van der Waals surface area contributed by atoms with Crippen LogP contribution < -0.4 is 4.90 Å². The molecule has 1 radical (unpaired) electrons. The Morgan fingerprint density at radius 1 is 1.08 bits per heavy atom. The molecule has 0 bridgehead atoms. The Morgan fingerprint density at radius 2 is 1.84 bits per heavy atom. The van der Waals surface area contributed by atoms with Crippen molar-refractivity contribution < 1.29 is 19.5 Å². The summed E-state index contributed by atoms with van der Waals surface area (Å²) in [6.07, 6.45) is 2.84. The number of phenolic OH excluding ortho intramolecular Hbond substituents is 1. The lowest BCUT2D eigenvalue weighted by atomic mass is 9.98. The third-order valence-corrected chi connectivity index (χ3v) is 4.38. The molecule has 1 aliphatic heterocycles. The normalized spacial score (nSPS) is 17.1. The number of hydrogen-bond acceptors (Lipinski definition) is 4. The van der Waals surface area contributed by atoms with Crippen LogP contribution in [0.3, 0.4) is 0 Å². The molecule has 1 aliphatic rings. The van der Waals surface area contributed by atoms with Gasteiger partial charge in [-0.15, -0.1) is 0 Å². The van der Waals surface area contributed by atoms with E-state index in [1.807, 2.05) is 30.3 Å². The van der Waals surface area contributed by atoms with Crippen molar-refractivity contribution in [2.24, 2.45) is 5.92 Å². The number of aromatic hydroxyl groups is 1. The number of rotatable bonds is 6. The monoisotopic (exact) mass is 336 g/mol. The predicted octanol–water partition coefficient (Wildman–Crippen LogP) is 2.56. The van der Waals surface area contributed by atoms with E-state index in [4.69, 9.17) is 0 Å². The first kappa shape index (κ1) is 16.9. The second-order valence-corrected chi connectivity index (χ2v) is 6.09. The molecule has 2 amide bonds. The highest BCUT2D eigenvalue weighted by atomic mass is 16.3. The van der Waals surface area contributed by atoms with Crippen LogP contribution in [0.15, 0.2) is 48.5 Å². The third-order valence-electron chi connectivity index (χ3n) is 4.38. The van der Waals surface area contributed by atoms with Crippen molar-refractivity contribution in [2.45, 2.75) is 25.7 Å². The van der Waals surface area contributed by atoms with Crippen molar-refractivity contribution in [1.82, 2.24) is 0 Å². The fraction of sp³-hybridized carbons (Fsp3) is 0.250. The largest absolute Gasteiger partial charge is 0.506 e. The number of amides is 2. The molecule has 5 heteroatoms. The Labute approximate surface area is 145 Å². The minimum atomic E-state index is -0.444. The van der Waals surface area contributed by atoms with Crippen LogP contribution in [0.1, 0.15) is 24.0 Å². The molecule has 1 unspecified atom stereocenters. The lowest BCUT2D eigenvalue weighted by Crippen LogP contribution is -2.31. The van der Waals surface area contributed by atoms with Crippen LogP contribution in [0.2, 0.25) is 0 Å². The van der Waals surface area contributed by atoms with Crippen molar-refractivity contribution in [3.63, 3.8) is 0 Å². The van der Waals surface area contributed by atoms with Gasteiger partial charge in [-0.2, -0.15) is 0 Å². The third kappa shape index (κ3) is 3.45. The van der Waals surface area contributed by atoms with E-state index in [0.717, 1.165) is 10.5 Å². The zero-order chi connectivity index (χ0) is 17.8. The minimum Gasteiger partial charge on any atom is -0.506 e. The Morgan fingerprint density at radius 3 is 2.56 bits per heavy atom. The Bertz CT molecular complexity index is 801. The molecule has 2 aromatic rings. The Hall–Kier alpha value is -2.95. The summed E-state index contributed by atoms with van der Waals surface area (Å²) in [7, 11) is 0. The number of anilines is 1. The molecular weight excluding hydrogens is 318 g/mol. The van der Waals surface area contributed by atoms with Gasteiger partial charge in [0, 0.05) is 12.8 Å². The Balaban J connectivity index is 1.89. The maximum Gasteiger partial charge on any atom is 0.237 e. The van der Waals surface area contributed by atoms with E-state index < -0.39 is 5.92 Å². The average molecular weight is 336 g/mol. The quantitative estimate of drug-likeness (QED) is 0.823. The van der Waals surface area contributed by atoms with E-state index in [0.29, 0.717) is 18.4 Å². The van der Waals surface area contributed by atoms with Gasteiger partial charge in [0.05, 0.1) is 11.6 Å². The zero-order valence-electron chi connectivity index (χ0n) is 13.6. The summed E-state index contributed by atoms with van der Waals surface area (Å²) in [5.41, 5.74) is 1.78. The second kappa shape index (κ2) is 7.30. The van der Waals surface area contributed by atoms with Gasteiger partial charge in [0.2, 0.25) is 11.8 Å². The van der Waals surface area contributed by atoms with E-state index in [1.165, 1.54) is 6.07 Å². The van der Waals surface area contributed by atoms with E-state index in [-0.39, 0.29) is 36.1 Å². The molecule has 1 heterocycles. The Kier molecular flexibility index (Phi) is 4.93. The molecule has 0 saturated carbocycles. The lowest BCUT2D eigenvalue weighted by molar-refractivity contribution is -0.122. The van der Waals surface area contributed by atoms with Crippen LogP contribution in [0.25, 0.3) is 0 Å². The molecule has 1 N–H and O–H groups in total. The van der Waals surface area contributed by atoms with Gasteiger partial charge >= 0.3 is 0 Å². The number of benzene rings is 2. The predicted molar refractivity (Wildman–Crippen MR) is 92.9 cm³/mol. The highest BCUT2D eigenvalue weighted by molar-refractivity contribution is 6.22. The van der Waals surface area contributed by atoms with Crippen molar-refractivity contribution in [2.75, 3.05) is 4.90 Å². The molecule has 0 aromatic heterocycles. The molecular formula is C20H18NO4. The average Bonchev–Trinajstić information content (AvgIpc) is 2.88. The zero-order valence-corrected chi connectivity index (χ0v) is 13.6. The fourth-order valence-corrected chi connectivity index (χ4v) is 3.21. The number of para-hydroxylation sites is 1. The highest BCUT2D eigenvalue weighted by Crippen LogP contribution is 2.37. The van der Waals surface area contributed by atoms with Crippen LogP contribution in [0, 0.1) is 5.92 Å². The number of hydrogen-bond donors (Lipinski definition) is 1. The van der Waals surface area contributed by atoms with Gasteiger partial charge in [-0.25, -0.2) is 4.90 Å². The van der Waals surface area contributed by atoms with Crippen LogP contribution >= 0.6 is 0 Å². The van der Waals surface area contributed by atoms with Crippen LogP contribution in [-0.2, 0) is 27.2 Å². The first-order valence-corrected chi connectivity index (χ1v) is 8.18. The van der Waals surface area contributed by atoms with Gasteiger partial charge in [-0.3, -0.25) is 14.4 Å². The summed E-state index contributed by atoms with van der Waals surface area (Å²) >= 11 is 0. The summed E-state index contributed by atoms with van der Waals surface area (Å²) in [6, 6.07) is 14.3. The van der Waals surface area contributed by atoms with E-state index in [1.54, 1.807) is 18.4 Å². The first-order valence-electron chi connectivity index (χ1n) is 8.18. The van der Waals surface area contributed by atoms with Crippen molar-refractivity contribution in [3.05, 3.63) is 59.7 Å².